The largest absolute Gasteiger partial charge is 0.465 e. The zero-order valence-corrected chi connectivity index (χ0v) is 17.2. The quantitative estimate of drug-likeness (QED) is 0.685. The number of nitrogens with zero attached hydrogens (tertiary/aromatic N) is 1. The standard InChI is InChI=1S/C18H21ClN2O4S2/c1-25-18(22)13-6-7-17(14(19)11-13)27(23,24)20-12-15(16-5-4-10-26-16)21-8-2-3-9-21/h4-7,10-11,15,20H,2-3,8-9,12H2,1H3. The molecule has 3 rings (SSSR count). The Morgan fingerprint density at radius 3 is 2.67 bits per heavy atom. The van der Waals surface area contributed by atoms with Crippen LogP contribution in [0.3, 0.4) is 0 Å². The van der Waals surface area contributed by atoms with Gasteiger partial charge in [0.15, 0.2) is 0 Å². The van der Waals surface area contributed by atoms with Gasteiger partial charge >= 0.3 is 5.97 Å². The first-order valence-corrected chi connectivity index (χ1v) is 11.3. The van der Waals surface area contributed by atoms with Gasteiger partial charge in [-0.25, -0.2) is 17.9 Å². The molecule has 0 bridgehead atoms. The fraction of sp³-hybridized carbons (Fsp3) is 0.389. The van der Waals surface area contributed by atoms with Gasteiger partial charge in [-0.15, -0.1) is 11.3 Å². The summed E-state index contributed by atoms with van der Waals surface area (Å²) in [6.07, 6.45) is 2.24. The summed E-state index contributed by atoms with van der Waals surface area (Å²) in [4.78, 5) is 15.0. The summed E-state index contributed by atoms with van der Waals surface area (Å²) in [5.41, 5.74) is 0.204. The summed E-state index contributed by atoms with van der Waals surface area (Å²) in [5, 5.41) is 1.98. The molecule has 1 aliphatic heterocycles. The molecule has 1 N–H and O–H groups in total. The van der Waals surface area contributed by atoms with Crippen molar-refractivity contribution in [2.45, 2.75) is 23.8 Å². The zero-order chi connectivity index (χ0) is 19.4. The van der Waals surface area contributed by atoms with Crippen LogP contribution in [0.5, 0.6) is 0 Å². The van der Waals surface area contributed by atoms with Gasteiger partial charge in [-0.2, -0.15) is 0 Å². The Morgan fingerprint density at radius 1 is 1.33 bits per heavy atom. The Labute approximate surface area is 168 Å². The zero-order valence-electron chi connectivity index (χ0n) is 14.9. The molecular formula is C18H21ClN2O4S2. The van der Waals surface area contributed by atoms with Crippen LogP contribution in [-0.4, -0.2) is 46.0 Å². The van der Waals surface area contributed by atoms with Gasteiger partial charge in [0, 0.05) is 11.4 Å². The van der Waals surface area contributed by atoms with Crippen LogP contribution in [0.2, 0.25) is 5.02 Å². The molecule has 0 aliphatic carbocycles. The Morgan fingerprint density at radius 2 is 2.07 bits per heavy atom. The first-order chi connectivity index (χ1) is 12.9. The number of rotatable bonds is 7. The molecule has 1 aromatic carbocycles. The SMILES string of the molecule is COC(=O)c1ccc(S(=O)(=O)NCC(c2cccs2)N2CCCC2)c(Cl)c1. The number of sulfonamides is 1. The molecule has 1 saturated heterocycles. The van der Waals surface area contributed by atoms with Crippen LogP contribution < -0.4 is 4.72 Å². The van der Waals surface area contributed by atoms with Crippen molar-refractivity contribution in [1.29, 1.82) is 0 Å². The number of thiophene rings is 1. The maximum absolute atomic E-state index is 12.8. The van der Waals surface area contributed by atoms with Crippen molar-refractivity contribution in [3.05, 3.63) is 51.2 Å². The van der Waals surface area contributed by atoms with E-state index in [2.05, 4.69) is 14.4 Å². The number of methoxy groups -OCH3 is 1. The predicted molar refractivity (Wildman–Crippen MR) is 106 cm³/mol. The lowest BCUT2D eigenvalue weighted by atomic mass is 10.2. The number of hydrogen-bond donors (Lipinski definition) is 1. The Hall–Kier alpha value is -1.45. The molecule has 1 fully saturated rings. The minimum absolute atomic E-state index is 0.00427. The Kier molecular flexibility index (Phi) is 6.54. The summed E-state index contributed by atoms with van der Waals surface area (Å²) in [6.45, 7) is 2.18. The van der Waals surface area contributed by atoms with E-state index in [9.17, 15) is 13.2 Å². The average Bonchev–Trinajstić information content (AvgIpc) is 3.35. The second-order valence-electron chi connectivity index (χ2n) is 6.26. The number of ether oxygens (including phenoxy) is 1. The molecule has 1 unspecified atom stereocenters. The lowest BCUT2D eigenvalue weighted by molar-refractivity contribution is 0.0600. The average molecular weight is 429 g/mol. The minimum Gasteiger partial charge on any atom is -0.465 e. The second-order valence-corrected chi connectivity index (χ2v) is 9.38. The minimum atomic E-state index is -3.81. The normalized spacial score (nSPS) is 16.4. The van der Waals surface area contributed by atoms with E-state index in [-0.39, 0.29) is 28.1 Å². The van der Waals surface area contributed by atoms with Gasteiger partial charge in [0.25, 0.3) is 0 Å². The monoisotopic (exact) mass is 428 g/mol. The Bertz CT molecular complexity index is 894. The van der Waals surface area contributed by atoms with E-state index in [1.54, 1.807) is 11.3 Å². The van der Waals surface area contributed by atoms with Crippen molar-refractivity contribution in [2.75, 3.05) is 26.7 Å². The van der Waals surface area contributed by atoms with Crippen LogP contribution in [0, 0.1) is 0 Å². The van der Waals surface area contributed by atoms with Crippen molar-refractivity contribution < 1.29 is 17.9 Å². The number of carbonyl (C=O) groups excluding carboxylic acids is 1. The van der Waals surface area contributed by atoms with E-state index >= 15 is 0 Å². The molecule has 0 saturated carbocycles. The number of carbonyl (C=O) groups is 1. The van der Waals surface area contributed by atoms with Crippen LogP contribution in [-0.2, 0) is 14.8 Å². The summed E-state index contributed by atoms with van der Waals surface area (Å²) in [7, 11) is -2.56. The topological polar surface area (TPSA) is 75.7 Å². The summed E-state index contributed by atoms with van der Waals surface area (Å²) in [5.74, 6) is -0.569. The fourth-order valence-corrected chi connectivity index (χ4v) is 5.62. The summed E-state index contributed by atoms with van der Waals surface area (Å²) in [6, 6.07) is 8.02. The van der Waals surface area contributed by atoms with Crippen LogP contribution in [0.1, 0.15) is 34.1 Å². The third-order valence-electron chi connectivity index (χ3n) is 4.56. The van der Waals surface area contributed by atoms with Gasteiger partial charge in [-0.05, 0) is 55.6 Å². The maximum Gasteiger partial charge on any atom is 0.337 e. The molecule has 0 radical (unpaired) electrons. The van der Waals surface area contributed by atoms with Crippen molar-refractivity contribution >= 4 is 38.9 Å². The molecule has 1 aliphatic rings. The number of esters is 1. The molecule has 1 aromatic heterocycles. The molecule has 0 spiro atoms. The number of likely N-dealkylation sites (tertiary alicyclic amines) is 1. The van der Waals surface area contributed by atoms with Gasteiger partial charge in [0.1, 0.15) is 4.90 Å². The van der Waals surface area contributed by atoms with E-state index in [0.717, 1.165) is 30.8 Å². The van der Waals surface area contributed by atoms with E-state index in [0.29, 0.717) is 0 Å². The van der Waals surface area contributed by atoms with Crippen LogP contribution in [0.15, 0.2) is 40.6 Å². The molecule has 1 atom stereocenters. The smallest absolute Gasteiger partial charge is 0.337 e. The van der Waals surface area contributed by atoms with Crippen LogP contribution in [0.4, 0.5) is 0 Å². The van der Waals surface area contributed by atoms with Crippen LogP contribution >= 0.6 is 22.9 Å². The second kappa shape index (κ2) is 8.70. The first kappa shape index (κ1) is 20.3. The molecule has 27 heavy (non-hydrogen) atoms. The van der Waals surface area contributed by atoms with Crippen molar-refractivity contribution in [2.24, 2.45) is 0 Å². The third-order valence-corrected chi connectivity index (χ3v) is 7.44. The van der Waals surface area contributed by atoms with Crippen LogP contribution in [0.25, 0.3) is 0 Å². The molecule has 6 nitrogen and oxygen atoms in total. The van der Waals surface area contributed by atoms with Crippen molar-refractivity contribution in [3.63, 3.8) is 0 Å². The number of benzene rings is 1. The highest BCUT2D eigenvalue weighted by Crippen LogP contribution is 2.29. The summed E-state index contributed by atoms with van der Waals surface area (Å²) >= 11 is 7.74. The van der Waals surface area contributed by atoms with Gasteiger partial charge in [-0.3, -0.25) is 4.90 Å². The van der Waals surface area contributed by atoms with E-state index in [1.807, 2.05) is 17.5 Å². The van der Waals surface area contributed by atoms with E-state index in [4.69, 9.17) is 11.6 Å². The van der Waals surface area contributed by atoms with E-state index in [1.165, 1.54) is 25.3 Å². The highest BCUT2D eigenvalue weighted by Gasteiger charge is 2.27. The highest BCUT2D eigenvalue weighted by atomic mass is 35.5. The Balaban J connectivity index is 1.78. The molecular weight excluding hydrogens is 408 g/mol. The highest BCUT2D eigenvalue weighted by molar-refractivity contribution is 7.89. The lowest BCUT2D eigenvalue weighted by Crippen LogP contribution is -2.36. The molecule has 146 valence electrons. The third kappa shape index (κ3) is 4.70. The molecule has 2 heterocycles. The van der Waals surface area contributed by atoms with Gasteiger partial charge in [0.2, 0.25) is 10.0 Å². The lowest BCUT2D eigenvalue weighted by Gasteiger charge is -2.27. The van der Waals surface area contributed by atoms with Crippen molar-refractivity contribution in [3.8, 4) is 0 Å². The predicted octanol–water partition coefficient (Wildman–Crippen LogP) is 3.30. The summed E-state index contributed by atoms with van der Waals surface area (Å²) < 4.78 is 32.8. The first-order valence-electron chi connectivity index (χ1n) is 8.57. The number of nitrogens with one attached hydrogen (secondary N) is 1. The van der Waals surface area contributed by atoms with E-state index < -0.39 is 16.0 Å². The van der Waals surface area contributed by atoms with Gasteiger partial charge in [0.05, 0.1) is 23.7 Å². The maximum atomic E-state index is 12.8. The van der Waals surface area contributed by atoms with Gasteiger partial charge in [-0.1, -0.05) is 17.7 Å². The number of halogens is 1. The van der Waals surface area contributed by atoms with Gasteiger partial charge < -0.3 is 4.74 Å². The molecule has 2 aromatic rings. The molecule has 9 heteroatoms. The van der Waals surface area contributed by atoms with Crippen molar-refractivity contribution in [1.82, 2.24) is 9.62 Å². The fourth-order valence-electron chi connectivity index (χ4n) is 3.17. The number of hydrogen-bond acceptors (Lipinski definition) is 6. The molecule has 0 amide bonds.